The summed E-state index contributed by atoms with van der Waals surface area (Å²) in [5.74, 6) is -0.0846. The molecule has 6 aromatic carbocycles. The average molecular weight is 708 g/mol. The van der Waals surface area contributed by atoms with E-state index in [-0.39, 0.29) is 5.91 Å². The summed E-state index contributed by atoms with van der Waals surface area (Å²) in [6.45, 7) is 0. The second kappa shape index (κ2) is 15.4. The largest absolute Gasteiger partial charge is 0.280 e. The smallest absolute Gasteiger partial charge is 0.260 e. The summed E-state index contributed by atoms with van der Waals surface area (Å²) in [6.07, 6.45) is 0. The van der Waals surface area contributed by atoms with Gasteiger partial charge in [-0.3, -0.25) is 9.69 Å². The minimum absolute atomic E-state index is 0.0846. The number of hydrogen-bond donors (Lipinski definition) is 0. The Balaban J connectivity index is 1.75. The van der Waals surface area contributed by atoms with Crippen molar-refractivity contribution in [2.24, 2.45) is 0 Å². The van der Waals surface area contributed by atoms with Gasteiger partial charge in [-0.2, -0.15) is 0 Å². The summed E-state index contributed by atoms with van der Waals surface area (Å²) in [5.41, 5.74) is 1.56. The molecule has 0 fully saturated rings. The van der Waals surface area contributed by atoms with E-state index in [1.54, 1.807) is 23.5 Å². The minimum atomic E-state index is -2.75. The molecule has 0 saturated carbocycles. The lowest BCUT2D eigenvalue weighted by Gasteiger charge is -2.35. The first kappa shape index (κ1) is 33.2. The number of benzene rings is 6. The molecule has 7 heteroatoms. The van der Waals surface area contributed by atoms with E-state index in [0.717, 1.165) is 35.4 Å². The van der Waals surface area contributed by atoms with Gasteiger partial charge in [0.15, 0.2) is 7.26 Å². The van der Waals surface area contributed by atoms with Gasteiger partial charge in [-0.05, 0) is 97.1 Å². The first-order chi connectivity index (χ1) is 23.0. The minimum Gasteiger partial charge on any atom is -0.280 e. The van der Waals surface area contributed by atoms with Crippen LogP contribution in [-0.2, 0) is 0 Å². The Morgan fingerprint density at radius 2 is 0.851 bits per heavy atom. The number of carbonyl (C=O) groups is 1. The van der Waals surface area contributed by atoms with Gasteiger partial charge in [-0.15, -0.1) is 0 Å². The predicted molar refractivity (Wildman–Crippen MR) is 205 cm³/mol. The molecule has 2 nitrogen and oxygen atoms in total. The monoisotopic (exact) mass is 706 g/mol. The highest BCUT2D eigenvalue weighted by atomic mass is 35.5. The van der Waals surface area contributed by atoms with Gasteiger partial charge in [0.2, 0.25) is 5.44 Å². The van der Waals surface area contributed by atoms with E-state index in [4.69, 9.17) is 23.2 Å². The Bertz CT molecular complexity index is 1810. The van der Waals surface area contributed by atoms with Crippen LogP contribution in [0.15, 0.2) is 189 Å². The van der Waals surface area contributed by atoms with Crippen molar-refractivity contribution in [3.05, 3.63) is 195 Å². The number of rotatable bonds is 10. The van der Waals surface area contributed by atoms with Crippen LogP contribution in [0, 0.1) is 0 Å². The molecule has 0 N–H and O–H groups in total. The Hall–Kier alpha value is -3.76. The fourth-order valence-corrected chi connectivity index (χ4v) is 13.3. The first-order valence-corrected chi connectivity index (χ1v) is 19.2. The third-order valence-electron chi connectivity index (χ3n) is 7.62. The van der Waals surface area contributed by atoms with Crippen LogP contribution in [0.1, 0.15) is 10.4 Å². The van der Waals surface area contributed by atoms with Crippen LogP contribution < -0.4 is 15.9 Å². The van der Waals surface area contributed by atoms with Crippen molar-refractivity contribution >= 4 is 75.8 Å². The number of amides is 1. The summed E-state index contributed by atoms with van der Waals surface area (Å²) >= 11 is 16.0. The van der Waals surface area contributed by atoms with Crippen molar-refractivity contribution in [2.75, 3.05) is 7.05 Å². The Labute approximate surface area is 295 Å². The first-order valence-electron chi connectivity index (χ1n) is 15.0. The highest BCUT2D eigenvalue weighted by Crippen LogP contribution is 2.67. The molecule has 6 aromatic rings. The molecule has 6 rings (SSSR count). The quantitative estimate of drug-likeness (QED) is 0.104. The molecule has 0 spiro atoms. The average Bonchev–Trinajstić information content (AvgIpc) is 3.13. The molecular weight excluding hydrogens is 676 g/mol. The van der Waals surface area contributed by atoms with Crippen LogP contribution in [-0.4, -0.2) is 17.9 Å². The fourth-order valence-electron chi connectivity index (χ4n) is 5.47. The maximum Gasteiger partial charge on any atom is 0.260 e. The summed E-state index contributed by atoms with van der Waals surface area (Å²) in [4.78, 5) is 18.6. The van der Waals surface area contributed by atoms with Gasteiger partial charge >= 0.3 is 0 Å². The van der Waals surface area contributed by atoms with Crippen LogP contribution in [0.4, 0.5) is 0 Å². The van der Waals surface area contributed by atoms with Crippen molar-refractivity contribution in [2.45, 2.75) is 9.79 Å². The predicted octanol–water partition coefficient (Wildman–Crippen LogP) is 10.8. The molecule has 0 aliphatic heterocycles. The third-order valence-corrected chi connectivity index (χ3v) is 15.1. The Morgan fingerprint density at radius 1 is 0.511 bits per heavy atom. The number of carbonyl (C=O) groups excluding carboxylic acids is 1. The molecule has 0 aromatic heterocycles. The van der Waals surface area contributed by atoms with Gasteiger partial charge in [-0.25, -0.2) is 0 Å². The zero-order valence-corrected chi connectivity index (χ0v) is 29.6. The second-order valence-corrected chi connectivity index (χ2v) is 17.2. The number of thioether (sulfide) groups is 2. The van der Waals surface area contributed by atoms with Crippen molar-refractivity contribution < 1.29 is 4.79 Å². The molecular formula is C40H31Cl2NOPS2+. The lowest BCUT2D eigenvalue weighted by molar-refractivity contribution is 0.0845. The van der Waals surface area contributed by atoms with E-state index in [2.05, 4.69) is 72.8 Å². The molecule has 0 saturated heterocycles. The molecule has 1 amide bonds. The molecule has 0 radical (unpaired) electrons. The zero-order valence-electron chi connectivity index (χ0n) is 25.5. The highest BCUT2D eigenvalue weighted by molar-refractivity contribution is 8.23. The van der Waals surface area contributed by atoms with Crippen LogP contribution in [0.2, 0.25) is 10.0 Å². The summed E-state index contributed by atoms with van der Waals surface area (Å²) in [6, 6.07) is 57.1. The highest BCUT2D eigenvalue weighted by Gasteiger charge is 2.54. The maximum absolute atomic E-state index is 14.7. The molecule has 47 heavy (non-hydrogen) atoms. The van der Waals surface area contributed by atoms with Crippen molar-refractivity contribution in [3.8, 4) is 0 Å². The number of halogens is 2. The Kier molecular flexibility index (Phi) is 10.9. The summed E-state index contributed by atoms with van der Waals surface area (Å²) < 4.78 is 0.978. The third kappa shape index (κ3) is 7.38. The van der Waals surface area contributed by atoms with Crippen LogP contribution in [0.25, 0.3) is 0 Å². The number of nitrogens with zero attached hydrogens (tertiary/aromatic N) is 1. The molecule has 0 unspecified atom stereocenters. The SMILES string of the molecule is CN(C(=O)c1ccccc1)C(=C(Sc1ccc(Cl)cc1)Sc1ccc(Cl)cc1)[P+](c1ccccc1)(c1ccccc1)c1ccccc1. The van der Waals surface area contributed by atoms with E-state index in [9.17, 15) is 4.79 Å². The van der Waals surface area contributed by atoms with Crippen LogP contribution in [0.3, 0.4) is 0 Å². The summed E-state index contributed by atoms with van der Waals surface area (Å²) in [5, 5.41) is 4.77. The van der Waals surface area contributed by atoms with E-state index in [0.29, 0.717) is 15.6 Å². The molecule has 0 atom stereocenters. The van der Waals surface area contributed by atoms with Crippen molar-refractivity contribution in [1.29, 1.82) is 0 Å². The molecule has 0 bridgehead atoms. The van der Waals surface area contributed by atoms with E-state index in [1.165, 1.54) is 0 Å². The van der Waals surface area contributed by atoms with E-state index >= 15 is 0 Å². The number of hydrogen-bond acceptors (Lipinski definition) is 3. The van der Waals surface area contributed by atoms with Gasteiger partial charge in [-0.1, -0.05) is 120 Å². The molecule has 0 aliphatic carbocycles. The van der Waals surface area contributed by atoms with Gasteiger partial charge in [0.1, 0.15) is 20.2 Å². The van der Waals surface area contributed by atoms with Crippen molar-refractivity contribution in [3.63, 3.8) is 0 Å². The van der Waals surface area contributed by atoms with Gasteiger partial charge in [0.25, 0.3) is 5.91 Å². The Morgan fingerprint density at radius 3 is 1.21 bits per heavy atom. The standard InChI is InChI=1S/C40H31Cl2NOPS2/c1-43(38(44)30-14-6-2-7-15-30)39(40(46-36-26-22-31(41)23-27-36)47-37-28-24-32(42)25-29-37)45(33-16-8-3-9-17-33,34-18-10-4-11-19-34)35-20-12-5-13-21-35/h2-29H,1H3/q+1. The molecule has 232 valence electrons. The summed E-state index contributed by atoms with van der Waals surface area (Å²) in [7, 11) is -0.836. The molecule has 0 heterocycles. The van der Waals surface area contributed by atoms with E-state index < -0.39 is 7.26 Å². The maximum atomic E-state index is 14.7. The van der Waals surface area contributed by atoms with Crippen LogP contribution >= 0.6 is 54.0 Å². The lowest BCUT2D eigenvalue weighted by Crippen LogP contribution is -2.39. The lowest BCUT2D eigenvalue weighted by atomic mass is 10.2. The van der Waals surface area contributed by atoms with E-state index in [1.807, 2.05) is 109 Å². The van der Waals surface area contributed by atoms with Gasteiger partial charge in [0, 0.05) is 32.4 Å². The van der Waals surface area contributed by atoms with Crippen molar-refractivity contribution in [1.82, 2.24) is 4.90 Å². The normalized spacial score (nSPS) is 11.1. The molecule has 0 aliphatic rings. The zero-order chi connectivity index (χ0) is 32.6. The second-order valence-electron chi connectivity index (χ2n) is 10.6. The fraction of sp³-hybridized carbons (Fsp3) is 0.0250. The van der Waals surface area contributed by atoms with Crippen LogP contribution in [0.5, 0.6) is 0 Å². The van der Waals surface area contributed by atoms with Gasteiger partial charge < -0.3 is 0 Å². The van der Waals surface area contributed by atoms with Gasteiger partial charge in [0.05, 0.1) is 0 Å². The topological polar surface area (TPSA) is 20.3 Å².